The number of anilines is 1. The summed E-state index contributed by atoms with van der Waals surface area (Å²) in [5.74, 6) is -1.56. The van der Waals surface area contributed by atoms with E-state index >= 15 is 4.39 Å². The smallest absolute Gasteiger partial charge is 0.240 e. The second kappa shape index (κ2) is 7.52. The average Bonchev–Trinajstić information content (AvgIpc) is 3.39. The van der Waals surface area contributed by atoms with Crippen molar-refractivity contribution in [3.63, 3.8) is 0 Å². The molecule has 0 spiro atoms. The van der Waals surface area contributed by atoms with E-state index in [-0.39, 0.29) is 34.5 Å². The molecule has 6 nitrogen and oxygen atoms in total. The number of nitrogens with two attached hydrogens (primary N) is 1. The molecule has 3 aromatic heterocycles. The van der Waals surface area contributed by atoms with Gasteiger partial charge in [-0.05, 0) is 30.7 Å². The van der Waals surface area contributed by atoms with Crippen molar-refractivity contribution in [2.24, 2.45) is 0 Å². The molecule has 0 fully saturated rings. The Morgan fingerprint density at radius 2 is 1.69 bits per heavy atom. The first kappa shape index (κ1) is 19.8. The lowest BCUT2D eigenvalue weighted by atomic mass is 10.00. The number of rotatable bonds is 4. The van der Waals surface area contributed by atoms with Gasteiger partial charge in [0.15, 0.2) is 5.65 Å². The summed E-state index contributed by atoms with van der Waals surface area (Å²) in [7, 11) is 0. The zero-order chi connectivity index (χ0) is 22.4. The van der Waals surface area contributed by atoms with Gasteiger partial charge in [0.05, 0.1) is 18.4 Å². The number of nitrogens with zero attached hydrogens (tertiary/aromatic N) is 5. The standard InChI is InChI=1S/C23H17F3N6/c1-13(14-5-7-16(24)8-6-14)31-11-15(10-28-31)17-3-2-4-18(22(17)26)19-9-21-29-23(27)30-32(21)12-20(19)25/h2-13H,1H3,(H2,27,30)/t13-/m1/s1. The molecule has 2 N–H and O–H groups in total. The van der Waals surface area contributed by atoms with E-state index in [0.717, 1.165) is 11.8 Å². The molecule has 0 amide bonds. The van der Waals surface area contributed by atoms with Crippen LogP contribution in [0.1, 0.15) is 18.5 Å². The number of halogens is 3. The van der Waals surface area contributed by atoms with Gasteiger partial charge in [-0.15, -0.1) is 5.10 Å². The highest BCUT2D eigenvalue weighted by atomic mass is 19.1. The highest BCUT2D eigenvalue weighted by Gasteiger charge is 2.18. The predicted octanol–water partition coefficient (Wildman–Crippen LogP) is 4.87. The minimum absolute atomic E-state index is 0.00142. The van der Waals surface area contributed by atoms with E-state index in [1.54, 1.807) is 41.3 Å². The molecule has 0 aliphatic carbocycles. The lowest BCUT2D eigenvalue weighted by Crippen LogP contribution is -2.06. The van der Waals surface area contributed by atoms with E-state index in [1.807, 2.05) is 6.92 Å². The van der Waals surface area contributed by atoms with Gasteiger partial charge in [-0.2, -0.15) is 10.1 Å². The molecule has 0 bridgehead atoms. The summed E-state index contributed by atoms with van der Waals surface area (Å²) in [6.45, 7) is 1.91. The van der Waals surface area contributed by atoms with E-state index in [2.05, 4.69) is 15.2 Å². The summed E-state index contributed by atoms with van der Waals surface area (Å²) in [4.78, 5) is 4.01. The van der Waals surface area contributed by atoms with Gasteiger partial charge in [0, 0.05) is 28.5 Å². The van der Waals surface area contributed by atoms with Crippen LogP contribution in [-0.2, 0) is 0 Å². The molecule has 0 saturated carbocycles. The number of benzene rings is 2. The Bertz CT molecular complexity index is 1440. The van der Waals surface area contributed by atoms with Crippen molar-refractivity contribution >= 4 is 11.6 Å². The summed E-state index contributed by atoms with van der Waals surface area (Å²) < 4.78 is 46.3. The normalized spacial score (nSPS) is 12.4. The summed E-state index contributed by atoms with van der Waals surface area (Å²) in [5.41, 5.74) is 7.69. The Balaban J connectivity index is 1.53. The van der Waals surface area contributed by atoms with Crippen LogP contribution < -0.4 is 5.73 Å². The second-order valence-electron chi connectivity index (χ2n) is 7.41. The van der Waals surface area contributed by atoms with Crippen molar-refractivity contribution < 1.29 is 13.2 Å². The Hall–Kier alpha value is -4.14. The van der Waals surface area contributed by atoms with Crippen LogP contribution in [-0.4, -0.2) is 24.4 Å². The summed E-state index contributed by atoms with van der Waals surface area (Å²) in [6, 6.07) is 12.1. The molecule has 0 unspecified atom stereocenters. The monoisotopic (exact) mass is 434 g/mol. The molecule has 5 rings (SSSR count). The van der Waals surface area contributed by atoms with Crippen LogP contribution in [0, 0.1) is 17.5 Å². The first-order valence-electron chi connectivity index (χ1n) is 9.81. The fourth-order valence-corrected chi connectivity index (χ4v) is 3.67. The maximum absolute atomic E-state index is 15.5. The van der Waals surface area contributed by atoms with E-state index in [9.17, 15) is 8.78 Å². The molecule has 3 heterocycles. The van der Waals surface area contributed by atoms with Crippen molar-refractivity contribution in [3.05, 3.63) is 90.1 Å². The lowest BCUT2D eigenvalue weighted by Gasteiger charge is -2.12. The van der Waals surface area contributed by atoms with Crippen molar-refractivity contribution in [1.29, 1.82) is 0 Å². The van der Waals surface area contributed by atoms with Crippen LogP contribution in [0.5, 0.6) is 0 Å². The Morgan fingerprint density at radius 3 is 2.47 bits per heavy atom. The molecule has 5 aromatic rings. The fourth-order valence-electron chi connectivity index (χ4n) is 3.67. The third-order valence-electron chi connectivity index (χ3n) is 5.39. The molecule has 0 radical (unpaired) electrons. The lowest BCUT2D eigenvalue weighted by molar-refractivity contribution is 0.561. The van der Waals surface area contributed by atoms with Crippen LogP contribution in [0.4, 0.5) is 19.1 Å². The van der Waals surface area contributed by atoms with Crippen molar-refractivity contribution in [2.75, 3.05) is 5.73 Å². The van der Waals surface area contributed by atoms with Gasteiger partial charge in [0.1, 0.15) is 17.5 Å². The molecule has 160 valence electrons. The molecule has 9 heteroatoms. The molecule has 32 heavy (non-hydrogen) atoms. The number of fused-ring (bicyclic) bond motifs is 1. The maximum atomic E-state index is 15.5. The average molecular weight is 434 g/mol. The fraction of sp³-hybridized carbons (Fsp3) is 0.0870. The molecule has 0 aliphatic heterocycles. The zero-order valence-electron chi connectivity index (χ0n) is 16.9. The van der Waals surface area contributed by atoms with E-state index in [0.29, 0.717) is 11.2 Å². The Morgan fingerprint density at radius 1 is 0.938 bits per heavy atom. The van der Waals surface area contributed by atoms with E-state index in [1.165, 1.54) is 28.8 Å². The SMILES string of the molecule is C[C@H](c1ccc(F)cc1)n1cc(-c2cccc(-c3cc4nc(N)nn4cc3F)c2F)cn1. The van der Waals surface area contributed by atoms with E-state index < -0.39 is 11.6 Å². The van der Waals surface area contributed by atoms with Crippen LogP contribution >= 0.6 is 0 Å². The number of aromatic nitrogens is 5. The number of hydrogen-bond acceptors (Lipinski definition) is 4. The van der Waals surface area contributed by atoms with Gasteiger partial charge in [0.25, 0.3) is 0 Å². The molecule has 2 aromatic carbocycles. The van der Waals surface area contributed by atoms with Crippen molar-refractivity contribution in [3.8, 4) is 22.3 Å². The molecule has 0 saturated heterocycles. The Kier molecular flexibility index (Phi) is 4.66. The third kappa shape index (κ3) is 3.37. The summed E-state index contributed by atoms with van der Waals surface area (Å²) in [6.07, 6.45) is 4.36. The van der Waals surface area contributed by atoms with Crippen molar-refractivity contribution in [2.45, 2.75) is 13.0 Å². The zero-order valence-corrected chi connectivity index (χ0v) is 16.9. The van der Waals surface area contributed by atoms with E-state index in [4.69, 9.17) is 5.73 Å². The topological polar surface area (TPSA) is 74.0 Å². The molecular weight excluding hydrogens is 417 g/mol. The van der Waals surface area contributed by atoms with Gasteiger partial charge >= 0.3 is 0 Å². The maximum Gasteiger partial charge on any atom is 0.240 e. The first-order valence-corrected chi connectivity index (χ1v) is 9.81. The predicted molar refractivity (Wildman–Crippen MR) is 114 cm³/mol. The molecule has 1 atom stereocenters. The van der Waals surface area contributed by atoms with Crippen LogP contribution in [0.25, 0.3) is 27.9 Å². The minimum Gasteiger partial charge on any atom is -0.366 e. The number of pyridine rings is 1. The van der Waals surface area contributed by atoms with Crippen LogP contribution in [0.2, 0.25) is 0 Å². The van der Waals surface area contributed by atoms with Crippen LogP contribution in [0.15, 0.2) is 67.1 Å². The number of nitrogen functional groups attached to an aromatic ring is 1. The quantitative estimate of drug-likeness (QED) is 0.438. The minimum atomic E-state index is -0.654. The highest BCUT2D eigenvalue weighted by molar-refractivity contribution is 5.75. The number of hydrogen-bond donors (Lipinski definition) is 1. The van der Waals surface area contributed by atoms with Gasteiger partial charge in [0.2, 0.25) is 5.95 Å². The first-order chi connectivity index (χ1) is 15.4. The largest absolute Gasteiger partial charge is 0.366 e. The van der Waals surface area contributed by atoms with Gasteiger partial charge in [-0.3, -0.25) is 4.68 Å². The van der Waals surface area contributed by atoms with Gasteiger partial charge < -0.3 is 5.73 Å². The van der Waals surface area contributed by atoms with Gasteiger partial charge in [-0.1, -0.05) is 30.3 Å². The Labute approximate surface area is 180 Å². The van der Waals surface area contributed by atoms with Crippen molar-refractivity contribution in [1.82, 2.24) is 24.4 Å². The summed E-state index contributed by atoms with van der Waals surface area (Å²) >= 11 is 0. The second-order valence-corrected chi connectivity index (χ2v) is 7.41. The summed E-state index contributed by atoms with van der Waals surface area (Å²) in [5, 5.41) is 8.21. The van der Waals surface area contributed by atoms with Gasteiger partial charge in [-0.25, -0.2) is 17.7 Å². The molecule has 0 aliphatic rings. The highest BCUT2D eigenvalue weighted by Crippen LogP contribution is 2.33. The third-order valence-corrected chi connectivity index (χ3v) is 5.39. The van der Waals surface area contributed by atoms with Crippen LogP contribution in [0.3, 0.4) is 0 Å². The molecular formula is C23H17F3N6.